The van der Waals surface area contributed by atoms with E-state index < -0.39 is 31.1 Å². The number of fused-ring (bicyclic) bond motifs is 1. The van der Waals surface area contributed by atoms with Crippen molar-refractivity contribution in [2.75, 3.05) is 18.4 Å². The van der Waals surface area contributed by atoms with Crippen LogP contribution in [0.25, 0.3) is 10.2 Å². The third-order valence-electron chi connectivity index (χ3n) is 2.45. The van der Waals surface area contributed by atoms with Crippen LogP contribution in [-0.4, -0.2) is 51.2 Å². The largest absolute Gasteiger partial charge is 0.480 e. The molecular formula is C12H11N3O5S. The molecule has 21 heavy (non-hydrogen) atoms. The lowest BCUT2D eigenvalue weighted by Crippen LogP contribution is -2.41. The van der Waals surface area contributed by atoms with Crippen LogP contribution in [0.2, 0.25) is 0 Å². The van der Waals surface area contributed by atoms with Crippen molar-refractivity contribution in [2.45, 2.75) is 0 Å². The van der Waals surface area contributed by atoms with E-state index >= 15 is 0 Å². The summed E-state index contributed by atoms with van der Waals surface area (Å²) >= 11 is 1.22. The first-order valence-corrected chi connectivity index (χ1v) is 6.62. The summed E-state index contributed by atoms with van der Waals surface area (Å²) in [7, 11) is 0. The average molecular weight is 309 g/mol. The molecule has 1 heterocycles. The molecule has 2 amide bonds. The predicted molar refractivity (Wildman–Crippen MR) is 75.5 cm³/mol. The van der Waals surface area contributed by atoms with Crippen LogP contribution < -0.4 is 5.32 Å². The average Bonchev–Trinajstić information content (AvgIpc) is 2.78. The zero-order chi connectivity index (χ0) is 15.4. The molecule has 0 fully saturated rings. The quantitative estimate of drug-likeness (QED) is 0.765. The summed E-state index contributed by atoms with van der Waals surface area (Å²) in [6.07, 6.45) is 0. The van der Waals surface area contributed by atoms with Crippen molar-refractivity contribution < 1.29 is 24.6 Å². The highest BCUT2D eigenvalue weighted by Crippen LogP contribution is 2.25. The minimum absolute atomic E-state index is 0.280. The van der Waals surface area contributed by atoms with E-state index in [1.807, 2.05) is 12.1 Å². The van der Waals surface area contributed by atoms with Crippen LogP contribution in [-0.2, 0) is 9.59 Å². The zero-order valence-electron chi connectivity index (χ0n) is 10.6. The Morgan fingerprint density at radius 1 is 1.14 bits per heavy atom. The molecule has 1 aromatic carbocycles. The molecule has 0 bridgehead atoms. The van der Waals surface area contributed by atoms with E-state index in [-0.39, 0.29) is 5.13 Å². The third kappa shape index (κ3) is 3.89. The van der Waals surface area contributed by atoms with Gasteiger partial charge in [-0.1, -0.05) is 23.5 Å². The summed E-state index contributed by atoms with van der Waals surface area (Å²) in [5.41, 5.74) is 0.695. The van der Waals surface area contributed by atoms with Gasteiger partial charge in [0.05, 0.1) is 10.2 Å². The summed E-state index contributed by atoms with van der Waals surface area (Å²) in [5, 5.41) is 20.1. The molecule has 0 aliphatic rings. The maximum Gasteiger partial charge on any atom is 0.324 e. The Balaban J connectivity index is 2.13. The van der Waals surface area contributed by atoms with E-state index in [0.717, 1.165) is 4.70 Å². The predicted octanol–water partition coefficient (Wildman–Crippen LogP) is 1.30. The molecule has 0 saturated carbocycles. The number of urea groups is 1. The van der Waals surface area contributed by atoms with Gasteiger partial charge >= 0.3 is 18.0 Å². The van der Waals surface area contributed by atoms with Gasteiger partial charge in [0.25, 0.3) is 0 Å². The van der Waals surface area contributed by atoms with Crippen LogP contribution in [0.4, 0.5) is 9.93 Å². The second-order valence-electron chi connectivity index (χ2n) is 4.06. The number of rotatable bonds is 5. The Hall–Kier alpha value is -2.68. The maximum absolute atomic E-state index is 11.9. The van der Waals surface area contributed by atoms with Gasteiger partial charge in [0, 0.05) is 0 Å². The molecule has 0 saturated heterocycles. The summed E-state index contributed by atoms with van der Waals surface area (Å²) in [6, 6.07) is 6.41. The van der Waals surface area contributed by atoms with E-state index in [1.54, 1.807) is 12.1 Å². The lowest BCUT2D eigenvalue weighted by molar-refractivity contribution is -0.140. The molecule has 2 aromatic rings. The fourth-order valence-electron chi connectivity index (χ4n) is 1.62. The fourth-order valence-corrected chi connectivity index (χ4v) is 2.48. The Morgan fingerprint density at radius 2 is 1.76 bits per heavy atom. The Morgan fingerprint density at radius 3 is 2.33 bits per heavy atom. The number of anilines is 1. The zero-order valence-corrected chi connectivity index (χ0v) is 11.5. The third-order valence-corrected chi connectivity index (χ3v) is 3.40. The highest BCUT2D eigenvalue weighted by atomic mass is 32.1. The van der Waals surface area contributed by atoms with Gasteiger partial charge in [0.2, 0.25) is 0 Å². The summed E-state index contributed by atoms with van der Waals surface area (Å²) in [5.74, 6) is -2.59. The molecule has 3 N–H and O–H groups in total. The Bertz CT molecular complexity index is 650. The van der Waals surface area contributed by atoms with Crippen LogP contribution >= 0.6 is 11.3 Å². The number of aliphatic carboxylic acids is 2. The minimum Gasteiger partial charge on any atom is -0.480 e. The number of carbonyl (C=O) groups excluding carboxylic acids is 1. The SMILES string of the molecule is O=C(O)CN(CC(=O)O)C(=O)Nc1nc2ccccc2s1. The number of para-hydroxylation sites is 1. The first-order chi connectivity index (χ1) is 9.95. The summed E-state index contributed by atoms with van der Waals surface area (Å²) in [6.45, 7) is -1.41. The van der Waals surface area contributed by atoms with Gasteiger partial charge in [-0.15, -0.1) is 0 Å². The molecule has 110 valence electrons. The number of nitrogens with zero attached hydrogens (tertiary/aromatic N) is 2. The smallest absolute Gasteiger partial charge is 0.324 e. The lowest BCUT2D eigenvalue weighted by atomic mass is 10.3. The molecule has 9 heteroatoms. The standard InChI is InChI=1S/C12H11N3O5S/c16-9(17)5-15(6-10(18)19)12(20)14-11-13-7-3-1-2-4-8(7)21-11/h1-4H,5-6H2,(H,16,17)(H,18,19)(H,13,14,20). The van der Waals surface area contributed by atoms with Crippen molar-refractivity contribution >= 4 is 44.7 Å². The Labute approximate surface area is 122 Å². The molecule has 0 aliphatic carbocycles. The normalized spacial score (nSPS) is 10.3. The number of hydrogen-bond donors (Lipinski definition) is 3. The molecule has 1 aromatic heterocycles. The van der Waals surface area contributed by atoms with E-state index in [9.17, 15) is 14.4 Å². The van der Waals surface area contributed by atoms with Crippen LogP contribution in [0.5, 0.6) is 0 Å². The van der Waals surface area contributed by atoms with Crippen LogP contribution in [0.3, 0.4) is 0 Å². The lowest BCUT2D eigenvalue weighted by Gasteiger charge is -2.17. The number of carbonyl (C=O) groups is 3. The van der Waals surface area contributed by atoms with E-state index in [4.69, 9.17) is 10.2 Å². The van der Waals surface area contributed by atoms with E-state index in [2.05, 4.69) is 10.3 Å². The number of thiazole rings is 1. The second kappa shape index (κ2) is 6.18. The fraction of sp³-hybridized carbons (Fsp3) is 0.167. The topological polar surface area (TPSA) is 120 Å². The van der Waals surface area contributed by atoms with Crippen molar-refractivity contribution in [2.24, 2.45) is 0 Å². The molecule has 0 spiro atoms. The molecule has 0 unspecified atom stereocenters. The van der Waals surface area contributed by atoms with Gasteiger partial charge in [-0.05, 0) is 12.1 Å². The van der Waals surface area contributed by atoms with Gasteiger partial charge < -0.3 is 15.1 Å². The monoisotopic (exact) mass is 309 g/mol. The van der Waals surface area contributed by atoms with Gasteiger partial charge in [0.1, 0.15) is 13.1 Å². The van der Waals surface area contributed by atoms with Gasteiger partial charge in [-0.3, -0.25) is 14.9 Å². The molecular weight excluding hydrogens is 298 g/mol. The number of benzene rings is 1. The molecule has 0 aliphatic heterocycles. The van der Waals surface area contributed by atoms with E-state index in [1.165, 1.54) is 11.3 Å². The van der Waals surface area contributed by atoms with Crippen LogP contribution in [0, 0.1) is 0 Å². The summed E-state index contributed by atoms with van der Waals surface area (Å²) < 4.78 is 0.857. The van der Waals surface area contributed by atoms with Crippen molar-refractivity contribution in [1.82, 2.24) is 9.88 Å². The van der Waals surface area contributed by atoms with Gasteiger partial charge in [-0.2, -0.15) is 0 Å². The number of carboxylic acids is 2. The number of amides is 2. The highest BCUT2D eigenvalue weighted by molar-refractivity contribution is 7.22. The minimum atomic E-state index is -1.30. The number of nitrogens with one attached hydrogen (secondary N) is 1. The van der Waals surface area contributed by atoms with Gasteiger partial charge in [0.15, 0.2) is 5.13 Å². The van der Waals surface area contributed by atoms with E-state index in [0.29, 0.717) is 10.4 Å². The number of carboxylic acid groups (broad SMARTS) is 2. The van der Waals surface area contributed by atoms with Crippen LogP contribution in [0.1, 0.15) is 0 Å². The molecule has 8 nitrogen and oxygen atoms in total. The van der Waals surface area contributed by atoms with Crippen molar-refractivity contribution in [3.63, 3.8) is 0 Å². The maximum atomic E-state index is 11.9. The summed E-state index contributed by atoms with van der Waals surface area (Å²) in [4.78, 5) is 38.1. The molecule has 2 rings (SSSR count). The number of hydrogen-bond acceptors (Lipinski definition) is 5. The first-order valence-electron chi connectivity index (χ1n) is 5.81. The second-order valence-corrected chi connectivity index (χ2v) is 5.09. The van der Waals surface area contributed by atoms with Crippen molar-refractivity contribution in [1.29, 1.82) is 0 Å². The van der Waals surface area contributed by atoms with Crippen molar-refractivity contribution in [3.05, 3.63) is 24.3 Å². The van der Waals surface area contributed by atoms with Crippen LogP contribution in [0.15, 0.2) is 24.3 Å². The molecule has 0 radical (unpaired) electrons. The highest BCUT2D eigenvalue weighted by Gasteiger charge is 2.20. The number of aromatic nitrogens is 1. The molecule has 0 atom stereocenters. The van der Waals surface area contributed by atoms with Crippen molar-refractivity contribution in [3.8, 4) is 0 Å². The first kappa shape index (κ1) is 14.7. The van der Waals surface area contributed by atoms with Gasteiger partial charge in [-0.25, -0.2) is 9.78 Å². The Kier molecular flexibility index (Phi) is 4.33.